The standard InChI is InChI=1S/C60H94N4O17S/c1-35-30-44(78-60(31-35)46(65)19-18-41(77-60)33-56(6,72)53(68)69)36(2)16-17-40-21-25-58(76-40)26-22-43-51(80-58)49(67)39(5)52(75-43)59(73,32-38(4)50-37(3)20-24-57(79-50)23-10-13-29-74-57)81-55(71)62-28-12-7-11-27-61-47(66)15-9-8-14-45-48-42(34-82-45)63-54(70)64-48/h16-17,31,36-38,40-46,48-52,65,67,72-73H,5,7-15,18-30,32-34H2,1-4,6H3,(H,61,66)(H,62,71)(H,68,69)(H2,63,64,70)/t36-,37-,38+,40+,41+,42+,43-,44+,45+,46-,48+,49-,50+,51-,52+,56-,57+,58-,59-,60-/m1/s1. The molecule has 21 nitrogen and oxygen atoms in total. The van der Waals surface area contributed by atoms with Crippen molar-refractivity contribution in [2.45, 2.75) is 270 Å². The molecule has 8 saturated heterocycles. The highest BCUT2D eigenvalue weighted by Gasteiger charge is 2.59. The van der Waals surface area contributed by atoms with Crippen LogP contribution in [0.1, 0.15) is 169 Å². The summed E-state index contributed by atoms with van der Waals surface area (Å²) < 4.78 is 52.0. The van der Waals surface area contributed by atoms with Gasteiger partial charge in [0.25, 0.3) is 0 Å². The average Bonchev–Trinajstić information content (AvgIpc) is 2.89. The van der Waals surface area contributed by atoms with E-state index < -0.39 is 77.4 Å². The molecule has 0 radical (unpaired) electrons. The summed E-state index contributed by atoms with van der Waals surface area (Å²) in [7, 11) is 0. The van der Waals surface area contributed by atoms with Crippen LogP contribution in [0.25, 0.3) is 0 Å². The first-order chi connectivity index (χ1) is 39.0. The number of aliphatic carboxylic acids is 1. The van der Waals surface area contributed by atoms with Crippen LogP contribution in [0.2, 0.25) is 0 Å². The third-order valence-electron chi connectivity index (χ3n) is 18.8. The Labute approximate surface area is 487 Å². The predicted molar refractivity (Wildman–Crippen MR) is 302 cm³/mol. The molecule has 0 bridgehead atoms. The molecule has 20 atom stereocenters. The lowest BCUT2D eigenvalue weighted by Gasteiger charge is -2.52. The van der Waals surface area contributed by atoms with E-state index in [0.717, 1.165) is 75.5 Å². The van der Waals surface area contributed by atoms with E-state index in [9.17, 15) is 44.7 Å². The number of fused-ring (bicyclic) bond motifs is 2. The van der Waals surface area contributed by atoms with Crippen molar-refractivity contribution < 1.29 is 82.6 Å². The van der Waals surface area contributed by atoms with Gasteiger partial charge in [0.05, 0.1) is 49.2 Å². The minimum Gasteiger partial charge on any atom is -0.479 e. The molecule has 3 spiro atoms. The zero-order chi connectivity index (χ0) is 58.6. The summed E-state index contributed by atoms with van der Waals surface area (Å²) in [4.78, 5) is 49.8. The number of ether oxygens (including phenoxy) is 8. The highest BCUT2D eigenvalue weighted by atomic mass is 32.2. The maximum absolute atomic E-state index is 13.8. The SMILES string of the molecule is C=C1[C@@H](O)[C@@H]2O[C@]3(CC[C@H](C=C[C@@H](C)[C@@H]4CC(C)=C[C@@]5(O[C@H](C[C@@](C)(O)C(=O)O)CC[C@H]5O)O4)O3)CC[C@H]2O[C@@H]1[C@@](O)(C[C@H](C)[C@H]1O[C@@]2(CCCCO2)CC[C@H]1C)OC(=O)NCCCCCNC(=O)CCCC[C@@H]1SC[C@@H]2NC(=O)N[C@@H]21. The number of carboxylic acid groups (broad SMARTS) is 1. The molecule has 0 aromatic heterocycles. The number of carboxylic acids is 1. The molecule has 22 heteroatoms. The van der Waals surface area contributed by atoms with Gasteiger partial charge in [-0.15, -0.1) is 0 Å². The first-order valence-corrected chi connectivity index (χ1v) is 31.7. The van der Waals surface area contributed by atoms with Crippen molar-refractivity contribution in [2.24, 2.45) is 17.8 Å². The Hall–Kier alpha value is -3.39. The molecule has 0 aliphatic carbocycles. The van der Waals surface area contributed by atoms with Crippen LogP contribution < -0.4 is 21.3 Å². The molecular formula is C60H94N4O17S. The van der Waals surface area contributed by atoms with Gasteiger partial charge >= 0.3 is 18.1 Å². The lowest BCUT2D eigenvalue weighted by molar-refractivity contribution is -0.340. The summed E-state index contributed by atoms with van der Waals surface area (Å²) in [6, 6.07) is 0.261. The van der Waals surface area contributed by atoms with Gasteiger partial charge in [-0.1, -0.05) is 51.5 Å². The fourth-order valence-electron chi connectivity index (χ4n) is 14.1. The fraction of sp³-hybridized carbons (Fsp3) is 0.833. The highest BCUT2D eigenvalue weighted by molar-refractivity contribution is 8.00. The zero-order valence-corrected chi connectivity index (χ0v) is 49.6. The van der Waals surface area contributed by atoms with Crippen LogP contribution in [-0.4, -0.2) is 176 Å². The van der Waals surface area contributed by atoms with E-state index in [4.69, 9.17) is 37.9 Å². The normalized spacial score (nSPS) is 39.6. The number of carbonyl (C=O) groups is 4. The van der Waals surface area contributed by atoms with E-state index in [1.807, 2.05) is 44.7 Å². The van der Waals surface area contributed by atoms with Gasteiger partial charge in [-0.2, -0.15) is 11.8 Å². The molecule has 462 valence electrons. The minimum atomic E-state index is -2.27. The minimum absolute atomic E-state index is 0.00842. The number of hydrogen-bond donors (Lipinski definition) is 9. The first-order valence-electron chi connectivity index (χ1n) is 30.7. The molecule has 9 heterocycles. The molecule has 9 rings (SSSR count). The second-order valence-corrected chi connectivity index (χ2v) is 26.9. The topological polar surface area (TPSA) is 291 Å². The van der Waals surface area contributed by atoms with Crippen molar-refractivity contribution in [2.75, 3.05) is 25.4 Å². The molecular weight excluding hydrogens is 1080 g/mol. The van der Waals surface area contributed by atoms with Gasteiger partial charge in [-0.25, -0.2) is 14.4 Å². The molecule has 0 unspecified atom stereocenters. The highest BCUT2D eigenvalue weighted by Crippen LogP contribution is 2.49. The smallest absolute Gasteiger partial charge is 0.409 e. The molecule has 9 N–H and O–H groups in total. The number of unbranched alkanes of at least 4 members (excludes halogenated alkanes) is 3. The average molecular weight is 1180 g/mol. The number of aliphatic hydroxyl groups is 4. The van der Waals surface area contributed by atoms with Crippen molar-refractivity contribution in [3.8, 4) is 0 Å². The third kappa shape index (κ3) is 14.9. The summed E-state index contributed by atoms with van der Waals surface area (Å²) in [6.45, 7) is 14.9. The van der Waals surface area contributed by atoms with Gasteiger partial charge in [-0.05, 0) is 121 Å². The van der Waals surface area contributed by atoms with Crippen LogP contribution >= 0.6 is 11.8 Å². The molecule has 0 aromatic carbocycles. The lowest BCUT2D eigenvalue weighted by atomic mass is 9.78. The summed E-state index contributed by atoms with van der Waals surface area (Å²) >= 11 is 1.87. The van der Waals surface area contributed by atoms with E-state index >= 15 is 0 Å². The van der Waals surface area contributed by atoms with Gasteiger partial charge < -0.3 is 84.7 Å². The van der Waals surface area contributed by atoms with E-state index in [2.05, 4.69) is 34.8 Å². The summed E-state index contributed by atoms with van der Waals surface area (Å²) in [5.74, 6) is -6.30. The largest absolute Gasteiger partial charge is 0.479 e. The van der Waals surface area contributed by atoms with Crippen LogP contribution in [0.5, 0.6) is 0 Å². The van der Waals surface area contributed by atoms with Gasteiger partial charge in [0.2, 0.25) is 17.5 Å². The van der Waals surface area contributed by atoms with Crippen LogP contribution in [0, 0.1) is 17.8 Å². The lowest BCUT2D eigenvalue weighted by Crippen LogP contribution is -2.64. The van der Waals surface area contributed by atoms with E-state index in [-0.39, 0.29) is 85.0 Å². The Kier molecular flexibility index (Phi) is 20.6. The van der Waals surface area contributed by atoms with Gasteiger partial charge in [0, 0.05) is 75.0 Å². The number of nitrogens with one attached hydrogen (secondary N) is 4. The Bertz CT molecular complexity index is 2320. The van der Waals surface area contributed by atoms with E-state index in [1.54, 1.807) is 6.08 Å². The number of urea groups is 1. The van der Waals surface area contributed by atoms with Crippen LogP contribution in [0.3, 0.4) is 0 Å². The third-order valence-corrected chi connectivity index (χ3v) is 20.3. The van der Waals surface area contributed by atoms with Crippen molar-refractivity contribution in [1.82, 2.24) is 21.3 Å². The Balaban J connectivity index is 0.768. The molecule has 4 amide bonds. The van der Waals surface area contributed by atoms with Crippen molar-refractivity contribution in [1.29, 1.82) is 0 Å². The maximum atomic E-state index is 13.8. The second-order valence-electron chi connectivity index (χ2n) is 25.7. The molecule has 0 saturated carbocycles. The maximum Gasteiger partial charge on any atom is 0.409 e. The summed E-state index contributed by atoms with van der Waals surface area (Å²) in [5.41, 5.74) is -0.936. The van der Waals surface area contributed by atoms with Gasteiger partial charge in [0.1, 0.15) is 24.4 Å². The number of thioether (sulfide) groups is 1. The number of carbonyl (C=O) groups excluding carboxylic acids is 3. The zero-order valence-electron chi connectivity index (χ0n) is 48.8. The van der Waals surface area contributed by atoms with Crippen molar-refractivity contribution in [3.63, 3.8) is 0 Å². The summed E-state index contributed by atoms with van der Waals surface area (Å²) in [5, 5.41) is 68.4. The van der Waals surface area contributed by atoms with Gasteiger partial charge in [0.15, 0.2) is 17.2 Å². The Morgan fingerprint density at radius 3 is 2.46 bits per heavy atom. The Morgan fingerprint density at radius 2 is 1.70 bits per heavy atom. The molecule has 9 aliphatic rings. The van der Waals surface area contributed by atoms with E-state index in [0.29, 0.717) is 76.2 Å². The second kappa shape index (κ2) is 26.7. The van der Waals surface area contributed by atoms with Crippen molar-refractivity contribution >= 4 is 35.8 Å². The molecule has 82 heavy (non-hydrogen) atoms. The van der Waals surface area contributed by atoms with Crippen LogP contribution in [0.4, 0.5) is 9.59 Å². The number of aliphatic hydroxyl groups excluding tert-OH is 2. The fourth-order valence-corrected chi connectivity index (χ4v) is 15.7. The Morgan fingerprint density at radius 1 is 0.927 bits per heavy atom. The van der Waals surface area contributed by atoms with Crippen LogP contribution in [-0.2, 0) is 47.5 Å². The number of hydrogen-bond acceptors (Lipinski definition) is 17. The number of alkyl carbamates (subject to hydrolysis) is 1. The monoisotopic (exact) mass is 1170 g/mol. The predicted octanol–water partition coefficient (Wildman–Crippen LogP) is 6.28. The quantitative estimate of drug-likeness (QED) is 0.0249. The summed E-state index contributed by atoms with van der Waals surface area (Å²) in [6.07, 6.45) is 10.6. The molecule has 9 aliphatic heterocycles. The van der Waals surface area contributed by atoms with Gasteiger partial charge in [-0.3, -0.25) is 4.79 Å². The molecule has 8 fully saturated rings. The molecule has 0 aromatic rings. The number of amides is 4. The first kappa shape index (κ1) is 63.1. The van der Waals surface area contributed by atoms with Crippen LogP contribution in [0.15, 0.2) is 36.0 Å². The number of rotatable bonds is 22. The van der Waals surface area contributed by atoms with E-state index in [1.165, 1.54) is 6.92 Å². The van der Waals surface area contributed by atoms with Crippen molar-refractivity contribution in [3.05, 3.63) is 36.0 Å².